The molecule has 0 aliphatic rings. The van der Waals surface area contributed by atoms with Crippen LogP contribution in [0.2, 0.25) is 0 Å². The molecule has 0 saturated heterocycles. The molecule has 0 spiro atoms. The Morgan fingerprint density at radius 1 is 1.39 bits per heavy atom. The van der Waals surface area contributed by atoms with Gasteiger partial charge in [-0.2, -0.15) is 5.10 Å². The van der Waals surface area contributed by atoms with Crippen LogP contribution in [0.15, 0.2) is 35.3 Å². The van der Waals surface area contributed by atoms with Gasteiger partial charge in [0, 0.05) is 18.7 Å². The second-order valence-corrected chi connectivity index (χ2v) is 5.63. The third-order valence-corrected chi connectivity index (χ3v) is 4.07. The summed E-state index contributed by atoms with van der Waals surface area (Å²) in [4.78, 5) is 21.2. The van der Waals surface area contributed by atoms with Crippen molar-refractivity contribution in [3.63, 3.8) is 0 Å². The molecule has 0 unspecified atom stereocenters. The van der Waals surface area contributed by atoms with Crippen molar-refractivity contribution >= 4 is 11.0 Å². The number of hydrogen-bond acceptors (Lipinski definition) is 4. The molecule has 1 aromatic carbocycles. The lowest BCUT2D eigenvalue weighted by molar-refractivity contribution is 0.242. The molecule has 3 rings (SSSR count). The molecule has 0 fully saturated rings. The zero-order valence-corrected chi connectivity index (χ0v) is 13.2. The number of fused-ring (bicyclic) bond motifs is 1. The number of hydrogen-bond donors (Lipinski definition) is 1. The maximum absolute atomic E-state index is 13.9. The van der Waals surface area contributed by atoms with Gasteiger partial charge in [-0.1, -0.05) is 18.2 Å². The smallest absolute Gasteiger partial charge is 0.262 e. The van der Waals surface area contributed by atoms with Gasteiger partial charge in [0.05, 0.1) is 12.7 Å². The standard InChI is InChI=1S/C16H18FN5O/c1-10(11-6-4-5-7-13(11)17)21(2)9-14-19-15-12(16(23)20-14)8-18-22(15)3/h4-8,10H,9H2,1-3H3,(H,19,20,23)/t10-/m0/s1. The Labute approximate surface area is 132 Å². The first-order valence-electron chi connectivity index (χ1n) is 7.33. The van der Waals surface area contributed by atoms with E-state index in [-0.39, 0.29) is 17.4 Å². The molecule has 7 heteroatoms. The Hall–Kier alpha value is -2.54. The van der Waals surface area contributed by atoms with Crippen molar-refractivity contribution in [2.45, 2.75) is 19.5 Å². The second kappa shape index (κ2) is 5.92. The van der Waals surface area contributed by atoms with Crippen LogP contribution in [0.1, 0.15) is 24.4 Å². The van der Waals surface area contributed by atoms with Gasteiger partial charge >= 0.3 is 0 Å². The minimum Gasteiger partial charge on any atom is -0.309 e. The van der Waals surface area contributed by atoms with Gasteiger partial charge < -0.3 is 4.98 Å². The first kappa shape index (κ1) is 15.4. The fourth-order valence-electron chi connectivity index (χ4n) is 2.58. The number of rotatable bonds is 4. The van der Waals surface area contributed by atoms with Gasteiger partial charge in [-0.15, -0.1) is 0 Å². The fourth-order valence-corrected chi connectivity index (χ4v) is 2.58. The van der Waals surface area contributed by atoms with Crippen LogP contribution in [0, 0.1) is 5.82 Å². The second-order valence-electron chi connectivity index (χ2n) is 5.63. The van der Waals surface area contributed by atoms with Crippen LogP contribution in [0.5, 0.6) is 0 Å². The molecule has 0 aliphatic heterocycles. The molecule has 23 heavy (non-hydrogen) atoms. The molecule has 1 N–H and O–H groups in total. The number of halogens is 1. The minimum absolute atomic E-state index is 0.149. The third kappa shape index (κ3) is 2.87. The van der Waals surface area contributed by atoms with Crippen molar-refractivity contribution in [3.05, 3.63) is 58.0 Å². The molecule has 0 bridgehead atoms. The van der Waals surface area contributed by atoms with Crippen LogP contribution >= 0.6 is 0 Å². The summed E-state index contributed by atoms with van der Waals surface area (Å²) >= 11 is 0. The molecule has 1 atom stereocenters. The molecule has 0 amide bonds. The van der Waals surface area contributed by atoms with Crippen LogP contribution < -0.4 is 5.56 Å². The number of nitrogens with zero attached hydrogens (tertiary/aromatic N) is 4. The first-order chi connectivity index (χ1) is 11.0. The van der Waals surface area contributed by atoms with E-state index in [9.17, 15) is 9.18 Å². The molecule has 2 aromatic heterocycles. The van der Waals surface area contributed by atoms with Crippen LogP contribution in [0.25, 0.3) is 11.0 Å². The van der Waals surface area contributed by atoms with E-state index in [1.54, 1.807) is 23.9 Å². The molecule has 6 nitrogen and oxygen atoms in total. The summed E-state index contributed by atoms with van der Waals surface area (Å²) < 4.78 is 15.5. The number of benzene rings is 1. The Morgan fingerprint density at radius 3 is 2.87 bits per heavy atom. The van der Waals surface area contributed by atoms with E-state index in [1.165, 1.54) is 12.3 Å². The number of nitrogens with one attached hydrogen (secondary N) is 1. The predicted octanol–water partition coefficient (Wildman–Crippen LogP) is 1.99. The van der Waals surface area contributed by atoms with Crippen LogP contribution in [0.3, 0.4) is 0 Å². The highest BCUT2D eigenvalue weighted by Crippen LogP contribution is 2.22. The maximum atomic E-state index is 13.9. The van der Waals surface area contributed by atoms with E-state index >= 15 is 0 Å². The predicted molar refractivity (Wildman–Crippen MR) is 85.4 cm³/mol. The summed E-state index contributed by atoms with van der Waals surface area (Å²) in [6, 6.07) is 6.54. The lowest BCUT2D eigenvalue weighted by atomic mass is 10.1. The zero-order valence-electron chi connectivity index (χ0n) is 13.2. The van der Waals surface area contributed by atoms with Gasteiger partial charge in [-0.3, -0.25) is 14.4 Å². The van der Waals surface area contributed by atoms with E-state index in [0.29, 0.717) is 29.0 Å². The van der Waals surface area contributed by atoms with Gasteiger partial charge in [-0.25, -0.2) is 9.37 Å². The van der Waals surface area contributed by atoms with Gasteiger partial charge in [0.1, 0.15) is 17.0 Å². The highest BCUT2D eigenvalue weighted by Gasteiger charge is 2.17. The summed E-state index contributed by atoms with van der Waals surface area (Å²) in [7, 11) is 3.61. The topological polar surface area (TPSA) is 66.8 Å². The zero-order chi connectivity index (χ0) is 16.6. The average molecular weight is 315 g/mol. The van der Waals surface area contributed by atoms with E-state index < -0.39 is 0 Å². The molecule has 0 aliphatic carbocycles. The minimum atomic E-state index is -0.240. The number of aryl methyl sites for hydroxylation is 1. The number of aromatic amines is 1. The van der Waals surface area contributed by atoms with E-state index in [4.69, 9.17) is 0 Å². The normalized spacial score (nSPS) is 12.9. The van der Waals surface area contributed by atoms with E-state index in [2.05, 4.69) is 15.1 Å². The lowest BCUT2D eigenvalue weighted by Crippen LogP contribution is -2.25. The van der Waals surface area contributed by atoms with Gasteiger partial charge in [-0.05, 0) is 20.0 Å². The van der Waals surface area contributed by atoms with Gasteiger partial charge in [0.15, 0.2) is 5.65 Å². The number of aromatic nitrogens is 4. The van der Waals surface area contributed by atoms with Crippen molar-refractivity contribution in [1.29, 1.82) is 0 Å². The Balaban J connectivity index is 1.88. The van der Waals surface area contributed by atoms with Crippen molar-refractivity contribution in [2.75, 3.05) is 7.05 Å². The Kier molecular flexibility index (Phi) is 3.96. The first-order valence-corrected chi connectivity index (χ1v) is 7.33. The van der Waals surface area contributed by atoms with Crippen LogP contribution in [0.4, 0.5) is 4.39 Å². The van der Waals surface area contributed by atoms with Crippen molar-refractivity contribution in [2.24, 2.45) is 7.05 Å². The maximum Gasteiger partial charge on any atom is 0.262 e. The summed E-state index contributed by atoms with van der Waals surface area (Å²) in [6.07, 6.45) is 1.50. The number of H-pyrrole nitrogens is 1. The van der Waals surface area contributed by atoms with Crippen LogP contribution in [-0.4, -0.2) is 31.7 Å². The van der Waals surface area contributed by atoms with Crippen molar-refractivity contribution in [1.82, 2.24) is 24.6 Å². The Morgan fingerprint density at radius 2 is 2.13 bits per heavy atom. The Bertz CT molecular complexity index is 901. The molecular weight excluding hydrogens is 297 g/mol. The molecule has 2 heterocycles. The van der Waals surface area contributed by atoms with Crippen molar-refractivity contribution in [3.8, 4) is 0 Å². The highest BCUT2D eigenvalue weighted by atomic mass is 19.1. The van der Waals surface area contributed by atoms with E-state index in [1.807, 2.05) is 24.9 Å². The molecule has 0 radical (unpaired) electrons. The fraction of sp³-hybridized carbons (Fsp3) is 0.312. The molecule has 120 valence electrons. The third-order valence-electron chi connectivity index (χ3n) is 4.07. The molecular formula is C16H18FN5O. The quantitative estimate of drug-likeness (QED) is 0.799. The SMILES string of the molecule is C[C@@H](c1ccccc1F)N(C)Cc1nc2c(cnn2C)c(=O)[nH]1. The van der Waals surface area contributed by atoms with E-state index in [0.717, 1.165) is 0 Å². The molecule has 3 aromatic rings. The summed E-state index contributed by atoms with van der Waals surface area (Å²) in [5.41, 5.74) is 0.930. The summed E-state index contributed by atoms with van der Waals surface area (Å²) in [5.74, 6) is 0.284. The summed E-state index contributed by atoms with van der Waals surface area (Å²) in [5, 5.41) is 4.50. The van der Waals surface area contributed by atoms with Gasteiger partial charge in [0.2, 0.25) is 0 Å². The van der Waals surface area contributed by atoms with Crippen molar-refractivity contribution < 1.29 is 4.39 Å². The summed E-state index contributed by atoms with van der Waals surface area (Å²) in [6.45, 7) is 2.31. The largest absolute Gasteiger partial charge is 0.309 e. The van der Waals surface area contributed by atoms with Crippen LogP contribution in [-0.2, 0) is 13.6 Å². The molecule has 0 saturated carbocycles. The highest BCUT2D eigenvalue weighted by molar-refractivity contribution is 5.72. The van der Waals surface area contributed by atoms with Gasteiger partial charge in [0.25, 0.3) is 5.56 Å². The monoisotopic (exact) mass is 315 g/mol. The lowest BCUT2D eigenvalue weighted by Gasteiger charge is -2.24. The average Bonchev–Trinajstić information content (AvgIpc) is 2.89.